The molecule has 29 heavy (non-hydrogen) atoms. The van der Waals surface area contributed by atoms with E-state index in [1.807, 2.05) is 13.8 Å². The second-order valence-electron chi connectivity index (χ2n) is 6.54. The van der Waals surface area contributed by atoms with Gasteiger partial charge in [0.2, 0.25) is 0 Å². The molecule has 2 aromatic heterocycles. The molecule has 0 radical (unpaired) electrons. The molecule has 2 rings (SSSR count). The molecule has 0 aliphatic heterocycles. The Morgan fingerprint density at radius 3 is 2.24 bits per heavy atom. The van der Waals surface area contributed by atoms with Crippen LogP contribution in [0.5, 0.6) is 0 Å². The number of nitrogen functional groups attached to an aromatic ring is 1. The summed E-state index contributed by atoms with van der Waals surface area (Å²) in [5.41, 5.74) is 6.95. The van der Waals surface area contributed by atoms with Crippen molar-refractivity contribution in [3.63, 3.8) is 0 Å². The summed E-state index contributed by atoms with van der Waals surface area (Å²) in [6.45, 7) is 3.98. The van der Waals surface area contributed by atoms with Crippen molar-refractivity contribution < 1.29 is 33.0 Å². The van der Waals surface area contributed by atoms with Gasteiger partial charge < -0.3 is 15.9 Å². The molecule has 0 aliphatic rings. The van der Waals surface area contributed by atoms with Gasteiger partial charge in [-0.15, -0.1) is 10.2 Å². The normalized spacial score (nSPS) is 13.3. The first-order valence-corrected chi connectivity index (χ1v) is 8.38. The van der Waals surface area contributed by atoms with Crippen LogP contribution in [0.1, 0.15) is 37.7 Å². The highest BCUT2D eigenvalue weighted by Crippen LogP contribution is 2.30. The molecule has 0 aliphatic carbocycles. The molecule has 0 spiro atoms. The minimum atomic E-state index is -5.08. The van der Waals surface area contributed by atoms with Crippen molar-refractivity contribution in [1.29, 1.82) is 0 Å². The first kappa shape index (κ1) is 23.8. The van der Waals surface area contributed by atoms with E-state index in [0.29, 0.717) is 24.4 Å². The van der Waals surface area contributed by atoms with Gasteiger partial charge in [0.25, 0.3) is 0 Å². The average molecular weight is 418 g/mol. The average Bonchev–Trinajstić information content (AvgIpc) is 3.13. The standard InChI is InChI=1S/C14H20N6O2.C2HF3O2/c1-8(2)5-12(14(21)22)11(13-17-19-20-18-13)6-10-4-3-9(15)7-16-10;3-2(4,5)1(6)7/h3-4,7-8,11-12H,5-6,15H2,1-2H3,(H,21,22)(H,17,18,19,20);(H,6,7)/t11-,12-;/m0./s1. The van der Waals surface area contributed by atoms with Gasteiger partial charge >= 0.3 is 18.1 Å². The number of carboxylic acid groups (broad SMARTS) is 2. The molecule has 0 aromatic carbocycles. The Morgan fingerprint density at radius 2 is 1.86 bits per heavy atom. The number of anilines is 1. The second kappa shape index (κ2) is 10.3. The molecule has 0 unspecified atom stereocenters. The van der Waals surface area contributed by atoms with Crippen LogP contribution in [0.3, 0.4) is 0 Å². The molecule has 2 heterocycles. The monoisotopic (exact) mass is 418 g/mol. The van der Waals surface area contributed by atoms with E-state index in [1.54, 1.807) is 18.3 Å². The number of halogens is 3. The number of tetrazole rings is 1. The molecule has 0 bridgehead atoms. The number of hydrogen-bond acceptors (Lipinski definition) is 7. The lowest BCUT2D eigenvalue weighted by Crippen LogP contribution is -2.26. The Balaban J connectivity index is 0.000000516. The molecule has 0 fully saturated rings. The highest BCUT2D eigenvalue weighted by molar-refractivity contribution is 5.73. The Labute approximate surface area is 163 Å². The summed E-state index contributed by atoms with van der Waals surface area (Å²) in [6.07, 6.45) is -2.58. The van der Waals surface area contributed by atoms with Crippen molar-refractivity contribution in [3.8, 4) is 0 Å². The summed E-state index contributed by atoms with van der Waals surface area (Å²) < 4.78 is 31.7. The number of rotatable bonds is 7. The first-order chi connectivity index (χ1) is 13.4. The zero-order valence-electron chi connectivity index (χ0n) is 15.6. The maximum Gasteiger partial charge on any atom is 0.490 e. The molecule has 10 nitrogen and oxygen atoms in total. The third kappa shape index (κ3) is 8.11. The molecule has 0 amide bonds. The number of pyridine rings is 1. The molecular formula is C16H21F3N6O4. The van der Waals surface area contributed by atoms with Crippen molar-refractivity contribution in [2.45, 2.75) is 38.8 Å². The predicted molar refractivity (Wildman–Crippen MR) is 93.5 cm³/mol. The number of carbonyl (C=O) groups is 2. The molecule has 0 saturated heterocycles. The molecule has 2 atom stereocenters. The number of aromatic amines is 1. The number of aromatic nitrogens is 5. The molecule has 13 heteroatoms. The topological polar surface area (TPSA) is 168 Å². The number of H-pyrrole nitrogens is 1. The fraction of sp³-hybridized carbons (Fsp3) is 0.500. The number of nitrogens with one attached hydrogen (secondary N) is 1. The Hall–Kier alpha value is -3.25. The fourth-order valence-corrected chi connectivity index (χ4v) is 2.47. The number of aliphatic carboxylic acids is 2. The lowest BCUT2D eigenvalue weighted by atomic mass is 9.82. The summed E-state index contributed by atoms with van der Waals surface area (Å²) in [6, 6.07) is 3.53. The lowest BCUT2D eigenvalue weighted by Gasteiger charge is -2.22. The second-order valence-corrected chi connectivity index (χ2v) is 6.54. The number of nitrogens with zero attached hydrogens (tertiary/aromatic N) is 4. The van der Waals surface area contributed by atoms with Gasteiger partial charge in [-0.2, -0.15) is 18.4 Å². The van der Waals surface area contributed by atoms with E-state index >= 15 is 0 Å². The van der Waals surface area contributed by atoms with Gasteiger partial charge in [0.1, 0.15) is 0 Å². The quantitative estimate of drug-likeness (QED) is 0.524. The van der Waals surface area contributed by atoms with Gasteiger partial charge in [-0.25, -0.2) is 4.79 Å². The van der Waals surface area contributed by atoms with E-state index in [0.717, 1.165) is 5.69 Å². The minimum Gasteiger partial charge on any atom is -0.481 e. The maximum absolute atomic E-state index is 11.7. The summed E-state index contributed by atoms with van der Waals surface area (Å²) in [5, 5.41) is 30.6. The van der Waals surface area contributed by atoms with E-state index in [9.17, 15) is 23.1 Å². The van der Waals surface area contributed by atoms with E-state index < -0.39 is 30.0 Å². The third-order valence-corrected chi connectivity index (χ3v) is 3.74. The van der Waals surface area contributed by atoms with E-state index in [4.69, 9.17) is 15.6 Å². The van der Waals surface area contributed by atoms with Crippen LogP contribution >= 0.6 is 0 Å². The van der Waals surface area contributed by atoms with Crippen LogP contribution < -0.4 is 5.73 Å². The summed E-state index contributed by atoms with van der Waals surface area (Å²) in [4.78, 5) is 24.8. The van der Waals surface area contributed by atoms with Crippen molar-refractivity contribution in [2.24, 2.45) is 11.8 Å². The van der Waals surface area contributed by atoms with Crippen LogP contribution in [0.25, 0.3) is 0 Å². The Bertz CT molecular complexity index is 781. The predicted octanol–water partition coefficient (Wildman–Crippen LogP) is 1.88. The molecule has 2 aromatic rings. The van der Waals surface area contributed by atoms with Crippen LogP contribution in [-0.2, 0) is 16.0 Å². The summed E-state index contributed by atoms with van der Waals surface area (Å²) in [5.74, 6) is -3.97. The maximum atomic E-state index is 11.7. The minimum absolute atomic E-state index is 0.245. The van der Waals surface area contributed by atoms with Crippen molar-refractivity contribution in [1.82, 2.24) is 25.6 Å². The van der Waals surface area contributed by atoms with Crippen LogP contribution in [0, 0.1) is 11.8 Å². The van der Waals surface area contributed by atoms with Crippen LogP contribution in [0.4, 0.5) is 18.9 Å². The van der Waals surface area contributed by atoms with E-state index in [2.05, 4.69) is 25.6 Å². The number of nitrogens with two attached hydrogens (primary N) is 1. The largest absolute Gasteiger partial charge is 0.490 e. The number of alkyl halides is 3. The van der Waals surface area contributed by atoms with E-state index in [1.165, 1.54) is 0 Å². The lowest BCUT2D eigenvalue weighted by molar-refractivity contribution is -0.192. The molecule has 5 N–H and O–H groups in total. The highest BCUT2D eigenvalue weighted by atomic mass is 19.4. The number of carboxylic acids is 2. The van der Waals surface area contributed by atoms with Crippen molar-refractivity contribution in [3.05, 3.63) is 29.8 Å². The van der Waals surface area contributed by atoms with Crippen LogP contribution in [0.15, 0.2) is 18.3 Å². The Kier molecular flexibility index (Phi) is 8.48. The van der Waals surface area contributed by atoms with E-state index in [-0.39, 0.29) is 5.92 Å². The summed E-state index contributed by atoms with van der Waals surface area (Å²) in [7, 11) is 0. The van der Waals surface area contributed by atoms with Crippen LogP contribution in [-0.4, -0.2) is 53.9 Å². The van der Waals surface area contributed by atoms with Gasteiger partial charge in [-0.3, -0.25) is 9.78 Å². The fourth-order valence-electron chi connectivity index (χ4n) is 2.47. The number of hydrogen-bond donors (Lipinski definition) is 4. The zero-order chi connectivity index (χ0) is 22.2. The van der Waals surface area contributed by atoms with Crippen molar-refractivity contribution in [2.75, 3.05) is 5.73 Å². The van der Waals surface area contributed by atoms with Gasteiger partial charge in [-0.1, -0.05) is 19.1 Å². The van der Waals surface area contributed by atoms with Gasteiger partial charge in [-0.05, 0) is 24.5 Å². The SMILES string of the molecule is CC(C)C[C@H](C(=O)O)[C@H](Cc1ccc(N)cn1)c1nn[nH]n1.O=C(O)C(F)(F)F. The first-order valence-electron chi connectivity index (χ1n) is 8.38. The molecule has 160 valence electrons. The van der Waals surface area contributed by atoms with Gasteiger partial charge in [0.15, 0.2) is 5.82 Å². The molecular weight excluding hydrogens is 397 g/mol. The van der Waals surface area contributed by atoms with Gasteiger partial charge in [0, 0.05) is 18.0 Å². The highest BCUT2D eigenvalue weighted by Gasteiger charge is 2.38. The summed E-state index contributed by atoms with van der Waals surface area (Å²) >= 11 is 0. The van der Waals surface area contributed by atoms with Gasteiger partial charge in [0.05, 0.1) is 17.8 Å². The zero-order valence-corrected chi connectivity index (χ0v) is 15.6. The third-order valence-electron chi connectivity index (χ3n) is 3.74. The molecule has 0 saturated carbocycles. The smallest absolute Gasteiger partial charge is 0.481 e. The Morgan fingerprint density at radius 1 is 1.24 bits per heavy atom. The van der Waals surface area contributed by atoms with Crippen LogP contribution in [0.2, 0.25) is 0 Å². The van der Waals surface area contributed by atoms with Crippen molar-refractivity contribution >= 4 is 17.6 Å².